The van der Waals surface area contributed by atoms with E-state index in [1.807, 2.05) is 34.8 Å². The summed E-state index contributed by atoms with van der Waals surface area (Å²) >= 11 is 3.81. The van der Waals surface area contributed by atoms with Gasteiger partial charge < -0.3 is 24.0 Å². The number of thiophene rings is 2. The van der Waals surface area contributed by atoms with Crippen molar-refractivity contribution in [2.75, 3.05) is 19.6 Å². The molecule has 5 nitrogen and oxygen atoms in total. The molecular weight excluding hydrogens is 1530 g/mol. The molecule has 21 aromatic carbocycles. The molecule has 578 valence electrons. The van der Waals surface area contributed by atoms with E-state index in [-0.39, 0.29) is 0 Å². The van der Waals surface area contributed by atoms with Gasteiger partial charge in [0.25, 0.3) is 0 Å². The molecule has 0 radical (unpaired) electrons. The number of benzene rings is 21. The average Bonchev–Trinajstić information content (AvgIpc) is 1.60. The zero-order valence-electron chi connectivity index (χ0n) is 66.9. The molecule has 0 saturated carbocycles. The number of fused-ring (bicyclic) bond motifs is 20. The van der Waals surface area contributed by atoms with Gasteiger partial charge in [0, 0.05) is 124 Å². The van der Waals surface area contributed by atoms with Crippen LogP contribution in [-0.2, 0) is 0 Å². The number of para-hydroxylation sites is 9. The molecule has 3 aromatic heterocycles. The van der Waals surface area contributed by atoms with Crippen LogP contribution in [0.4, 0.5) is 68.2 Å². The lowest BCUT2D eigenvalue weighted by molar-refractivity contribution is 0.669. The van der Waals surface area contributed by atoms with Crippen molar-refractivity contribution in [1.82, 2.24) is 0 Å². The van der Waals surface area contributed by atoms with Crippen LogP contribution in [0.15, 0.2) is 465 Å². The number of furan rings is 1. The quantitative estimate of drug-likeness (QED) is 0.0953. The van der Waals surface area contributed by atoms with Crippen LogP contribution < -0.4 is 19.6 Å². The smallest absolute Gasteiger partial charge is 0.159 e. The standard InChI is InChI=1S/C62H40N2OS.C54H36N2S/c1-4-15-45(16-5-1)63(46-17-6-2-7-18-46)49-36-38-54-56(40-49)50-21-10-11-23-52(50)60-55-37-33-44(39-59(55)66-62(54)60)43-29-27-41(28-30-43)42-31-34-48(35-32-42)64(47-19-8-3-9-20-47)57-25-14-24-53-51-22-12-13-26-58(51)65-61(53)57;1-5-15-41(16-6-1)55(42-17-7-2-8-18-42)45-29-27-38-33-37(25-26-39(38)34-45)40-28-31-50-52(35-40)57-54-49-32-30-46(36-51(49)47-23-13-14-24-48(47)53(50)54)56(43-19-9-3-10-20-43)44-21-11-4-12-22-44/h1-40H;1-36H. The van der Waals surface area contributed by atoms with Crippen LogP contribution in [0.1, 0.15) is 0 Å². The summed E-state index contributed by atoms with van der Waals surface area (Å²) in [6.45, 7) is 0. The highest BCUT2D eigenvalue weighted by Crippen LogP contribution is 2.51. The number of hydrogen-bond donors (Lipinski definition) is 0. The highest BCUT2D eigenvalue weighted by atomic mass is 32.1. The van der Waals surface area contributed by atoms with Crippen molar-refractivity contribution in [2.45, 2.75) is 0 Å². The summed E-state index contributed by atoms with van der Waals surface area (Å²) in [6, 6.07) is 166. The highest BCUT2D eigenvalue weighted by Gasteiger charge is 2.24. The van der Waals surface area contributed by atoms with E-state index in [0.29, 0.717) is 0 Å². The Morgan fingerprint density at radius 3 is 0.927 bits per heavy atom. The van der Waals surface area contributed by atoms with Gasteiger partial charge in [0.05, 0.1) is 5.69 Å². The van der Waals surface area contributed by atoms with Crippen molar-refractivity contribution in [3.63, 3.8) is 0 Å². The van der Waals surface area contributed by atoms with E-state index in [9.17, 15) is 0 Å². The molecule has 0 aliphatic heterocycles. The van der Waals surface area contributed by atoms with Gasteiger partial charge in [-0.25, -0.2) is 0 Å². The fourth-order valence-electron chi connectivity index (χ4n) is 18.4. The van der Waals surface area contributed by atoms with E-state index in [1.165, 1.54) is 122 Å². The fraction of sp³-hybridized carbons (Fsp3) is 0. The molecule has 0 atom stereocenters. The SMILES string of the molecule is c1ccc(N(c2ccccc2)c2ccc3c(c2)c2ccccc2c2c4ccc(-c5ccc(-c6ccc(N(c7ccccc7)c7cccc8c7oc7ccccc78)cc6)cc5)cc4sc32)cc1.c1ccc(N(c2ccccc2)c2ccc3cc(-c4ccc5c(c4)sc4c6ccc(N(c7ccccc7)c7ccccc7)cc6c6ccccc6c54)ccc3c2)cc1. The molecule has 0 amide bonds. The van der Waals surface area contributed by atoms with Gasteiger partial charge in [0.15, 0.2) is 5.58 Å². The lowest BCUT2D eigenvalue weighted by Crippen LogP contribution is -2.10. The predicted octanol–water partition coefficient (Wildman–Crippen LogP) is 34.7. The van der Waals surface area contributed by atoms with E-state index in [1.54, 1.807) is 0 Å². The van der Waals surface area contributed by atoms with Crippen LogP contribution >= 0.6 is 22.7 Å². The third kappa shape index (κ3) is 13.1. The molecule has 0 fully saturated rings. The molecule has 0 unspecified atom stereocenters. The van der Waals surface area contributed by atoms with Crippen molar-refractivity contribution in [3.8, 4) is 33.4 Å². The fourth-order valence-corrected chi connectivity index (χ4v) is 21.0. The summed E-state index contributed by atoms with van der Waals surface area (Å²) in [7, 11) is 0. The van der Waals surface area contributed by atoms with Crippen LogP contribution in [0.2, 0.25) is 0 Å². The third-order valence-corrected chi connectivity index (χ3v) is 26.6. The van der Waals surface area contributed by atoms with Gasteiger partial charge in [-0.15, -0.1) is 22.7 Å². The highest BCUT2D eigenvalue weighted by molar-refractivity contribution is 7.27. The second kappa shape index (κ2) is 30.9. The third-order valence-electron chi connectivity index (χ3n) is 24.2. The maximum Gasteiger partial charge on any atom is 0.159 e. The Morgan fingerprint density at radius 1 is 0.171 bits per heavy atom. The first-order chi connectivity index (χ1) is 61.0. The topological polar surface area (TPSA) is 26.1 Å². The second-order valence-corrected chi connectivity index (χ2v) is 33.5. The minimum Gasteiger partial charge on any atom is -0.454 e. The van der Waals surface area contributed by atoms with Crippen LogP contribution in [0.3, 0.4) is 0 Å². The molecule has 3 heterocycles. The minimum atomic E-state index is 0.876. The van der Waals surface area contributed by atoms with Gasteiger partial charge in [0.2, 0.25) is 0 Å². The summed E-state index contributed by atoms with van der Waals surface area (Å²) in [5.74, 6) is 0. The monoisotopic (exact) mass is 1600 g/mol. The predicted molar refractivity (Wildman–Crippen MR) is 529 cm³/mol. The average molecular weight is 1610 g/mol. The van der Waals surface area contributed by atoms with Gasteiger partial charge in [0.1, 0.15) is 5.58 Å². The molecule has 0 bridgehead atoms. The molecule has 24 rings (SSSR count). The van der Waals surface area contributed by atoms with Gasteiger partial charge in [-0.1, -0.05) is 297 Å². The first-order valence-corrected chi connectivity index (χ1v) is 43.5. The van der Waals surface area contributed by atoms with Crippen molar-refractivity contribution in [2.24, 2.45) is 0 Å². The van der Waals surface area contributed by atoms with E-state index in [4.69, 9.17) is 4.42 Å². The second-order valence-electron chi connectivity index (χ2n) is 31.4. The number of rotatable bonds is 15. The van der Waals surface area contributed by atoms with Crippen molar-refractivity contribution in [1.29, 1.82) is 0 Å². The molecule has 0 N–H and O–H groups in total. The van der Waals surface area contributed by atoms with E-state index in [0.717, 1.165) is 95.8 Å². The van der Waals surface area contributed by atoms with Gasteiger partial charge in [-0.05, 0) is 240 Å². The van der Waals surface area contributed by atoms with Crippen LogP contribution in [-0.4, -0.2) is 0 Å². The lowest BCUT2D eigenvalue weighted by Gasteiger charge is -2.26. The summed E-state index contributed by atoms with van der Waals surface area (Å²) in [4.78, 5) is 9.30. The Balaban J connectivity index is 0.000000144. The number of hydrogen-bond acceptors (Lipinski definition) is 7. The molecule has 24 aromatic rings. The minimum absolute atomic E-state index is 0.876. The first kappa shape index (κ1) is 72.6. The lowest BCUT2D eigenvalue weighted by atomic mass is 9.95. The summed E-state index contributed by atoms with van der Waals surface area (Å²) in [6.07, 6.45) is 0. The zero-order valence-corrected chi connectivity index (χ0v) is 68.5. The van der Waals surface area contributed by atoms with Crippen LogP contribution in [0, 0.1) is 0 Å². The maximum absolute atomic E-state index is 6.52. The largest absolute Gasteiger partial charge is 0.454 e. The Morgan fingerprint density at radius 2 is 0.472 bits per heavy atom. The molecule has 7 heteroatoms. The van der Waals surface area contributed by atoms with Gasteiger partial charge in [-0.2, -0.15) is 0 Å². The molecule has 123 heavy (non-hydrogen) atoms. The van der Waals surface area contributed by atoms with E-state index in [2.05, 4.69) is 469 Å². The van der Waals surface area contributed by atoms with Crippen molar-refractivity contribution < 1.29 is 4.42 Å². The van der Waals surface area contributed by atoms with E-state index < -0.39 is 0 Å². The molecular formula is C116H76N4OS2. The van der Waals surface area contributed by atoms with Crippen molar-refractivity contribution >= 4 is 207 Å². The Bertz CT molecular complexity index is 7990. The molecule has 0 spiro atoms. The Hall–Kier alpha value is -15.6. The molecule has 0 saturated heterocycles. The number of anilines is 12. The summed E-state index contributed by atoms with van der Waals surface area (Å²) in [5, 5.41) is 20.2. The van der Waals surface area contributed by atoms with Crippen LogP contribution in [0.25, 0.3) is 150 Å². The maximum atomic E-state index is 6.52. The summed E-state index contributed by atoms with van der Waals surface area (Å²) in [5.41, 5.74) is 22.3. The molecule has 0 aliphatic carbocycles. The van der Waals surface area contributed by atoms with E-state index >= 15 is 0 Å². The van der Waals surface area contributed by atoms with Gasteiger partial charge in [-0.3, -0.25) is 0 Å². The summed E-state index contributed by atoms with van der Waals surface area (Å²) < 4.78 is 11.8. The molecule has 0 aliphatic rings. The zero-order chi connectivity index (χ0) is 81.3. The Kier molecular flexibility index (Phi) is 18.3. The Labute approximate surface area is 720 Å². The number of nitrogens with zero attached hydrogens (tertiary/aromatic N) is 4. The normalized spacial score (nSPS) is 11.6. The van der Waals surface area contributed by atoms with Gasteiger partial charge >= 0.3 is 0 Å². The van der Waals surface area contributed by atoms with Crippen molar-refractivity contribution in [3.05, 3.63) is 461 Å². The van der Waals surface area contributed by atoms with Crippen LogP contribution in [0.5, 0.6) is 0 Å². The first-order valence-electron chi connectivity index (χ1n) is 41.8.